The number of ether oxygens (including phenoxy) is 2. The third kappa shape index (κ3) is 2.30. The molecule has 1 N–H and O–H groups in total. The van der Waals surface area contributed by atoms with Crippen LogP contribution >= 0.6 is 0 Å². The van der Waals surface area contributed by atoms with Crippen LogP contribution in [-0.2, 0) is 20.8 Å². The fourth-order valence-electron chi connectivity index (χ4n) is 1.27. The number of carbonyl (C=O) groups excluding carboxylic acids is 1. The summed E-state index contributed by atoms with van der Waals surface area (Å²) in [5.41, 5.74) is 0. The van der Waals surface area contributed by atoms with Crippen molar-refractivity contribution in [1.29, 1.82) is 0 Å². The number of H-pyrrole nitrogens is 1. The van der Waals surface area contributed by atoms with Gasteiger partial charge in [-0.2, -0.15) is 5.10 Å². The number of hydrogen-bond donors (Lipinski definition) is 1. The van der Waals surface area contributed by atoms with Gasteiger partial charge in [0.25, 0.3) is 5.91 Å². The zero-order valence-corrected chi connectivity index (χ0v) is 8.84. The van der Waals surface area contributed by atoms with Gasteiger partial charge in [-0.05, 0) is 0 Å². The minimum atomic E-state index is -0.240. The van der Waals surface area contributed by atoms with Gasteiger partial charge in [0, 0.05) is 7.05 Å². The second kappa shape index (κ2) is 4.65. The van der Waals surface area contributed by atoms with Gasteiger partial charge >= 0.3 is 0 Å². The van der Waals surface area contributed by atoms with Crippen LogP contribution in [0.2, 0.25) is 0 Å². The van der Waals surface area contributed by atoms with Crippen LogP contribution in [0.1, 0.15) is 5.82 Å². The molecule has 0 fully saturated rings. The molecule has 86 valence electrons. The second-order valence-corrected chi connectivity index (χ2v) is 3.29. The van der Waals surface area contributed by atoms with Crippen LogP contribution in [0.3, 0.4) is 0 Å². The van der Waals surface area contributed by atoms with E-state index in [4.69, 9.17) is 9.47 Å². The van der Waals surface area contributed by atoms with Gasteiger partial charge in [-0.25, -0.2) is 4.98 Å². The molecule has 2 rings (SSSR count). The number of carbonyl (C=O) groups is 1. The summed E-state index contributed by atoms with van der Waals surface area (Å²) in [7, 11) is 1.66. The lowest BCUT2D eigenvalue weighted by atomic mass is 10.4. The zero-order valence-electron chi connectivity index (χ0n) is 8.84. The van der Waals surface area contributed by atoms with Crippen LogP contribution in [0.4, 0.5) is 0 Å². The predicted octanol–water partition coefficient (Wildman–Crippen LogP) is -0.349. The van der Waals surface area contributed by atoms with Gasteiger partial charge < -0.3 is 14.4 Å². The van der Waals surface area contributed by atoms with E-state index in [2.05, 4.69) is 15.2 Å². The van der Waals surface area contributed by atoms with Crippen molar-refractivity contribution in [1.82, 2.24) is 20.1 Å². The highest BCUT2D eigenvalue weighted by atomic mass is 16.6. The maximum absolute atomic E-state index is 11.8. The van der Waals surface area contributed by atoms with Crippen LogP contribution < -0.4 is 0 Å². The van der Waals surface area contributed by atoms with Crippen molar-refractivity contribution in [3.63, 3.8) is 0 Å². The van der Waals surface area contributed by atoms with E-state index in [0.717, 1.165) is 0 Å². The first kappa shape index (κ1) is 10.5. The number of nitrogens with zero attached hydrogens (tertiary/aromatic N) is 3. The smallest absolute Gasteiger partial charge is 0.292 e. The summed E-state index contributed by atoms with van der Waals surface area (Å²) in [5.74, 6) is 0.595. The lowest BCUT2D eigenvalue weighted by Gasteiger charge is -2.20. The Kier molecular flexibility index (Phi) is 3.04. The molecule has 0 spiro atoms. The number of aromatic amines is 1. The Morgan fingerprint density at radius 2 is 2.50 bits per heavy atom. The SMILES string of the molecule is CN(Cc1ncn[nH]1)C(=O)C1=COCCO1. The highest BCUT2D eigenvalue weighted by Gasteiger charge is 2.19. The van der Waals surface area contributed by atoms with E-state index in [9.17, 15) is 4.79 Å². The molecule has 0 aromatic carbocycles. The molecule has 1 aliphatic rings. The molecule has 0 unspecified atom stereocenters. The Morgan fingerprint density at radius 3 is 3.12 bits per heavy atom. The largest absolute Gasteiger partial charge is 0.494 e. The van der Waals surface area contributed by atoms with Crippen molar-refractivity contribution in [2.24, 2.45) is 0 Å². The zero-order chi connectivity index (χ0) is 11.4. The summed E-state index contributed by atoms with van der Waals surface area (Å²) < 4.78 is 10.2. The summed E-state index contributed by atoms with van der Waals surface area (Å²) >= 11 is 0. The number of likely N-dealkylation sites (N-methyl/N-ethyl adjacent to an activating group) is 1. The van der Waals surface area contributed by atoms with Crippen molar-refractivity contribution in [2.45, 2.75) is 6.54 Å². The number of amides is 1. The van der Waals surface area contributed by atoms with Crippen LogP contribution in [0.25, 0.3) is 0 Å². The van der Waals surface area contributed by atoms with Gasteiger partial charge in [-0.15, -0.1) is 0 Å². The van der Waals surface area contributed by atoms with Crippen LogP contribution in [0.15, 0.2) is 18.3 Å². The summed E-state index contributed by atoms with van der Waals surface area (Å²) in [4.78, 5) is 17.2. The van der Waals surface area contributed by atoms with Crippen LogP contribution in [0.5, 0.6) is 0 Å². The summed E-state index contributed by atoms with van der Waals surface area (Å²) in [6, 6.07) is 0. The summed E-state index contributed by atoms with van der Waals surface area (Å²) in [5, 5.41) is 6.38. The van der Waals surface area contributed by atoms with E-state index in [-0.39, 0.29) is 11.7 Å². The van der Waals surface area contributed by atoms with Crippen molar-refractivity contribution >= 4 is 5.91 Å². The first-order valence-corrected chi connectivity index (χ1v) is 4.81. The van der Waals surface area contributed by atoms with Gasteiger partial charge in [0.15, 0.2) is 0 Å². The molecule has 7 heteroatoms. The average molecular weight is 224 g/mol. The first-order chi connectivity index (χ1) is 7.77. The van der Waals surface area contributed by atoms with Gasteiger partial charge in [-0.3, -0.25) is 9.89 Å². The predicted molar refractivity (Wildman–Crippen MR) is 52.8 cm³/mol. The summed E-state index contributed by atoms with van der Waals surface area (Å²) in [6.45, 7) is 1.22. The lowest BCUT2D eigenvalue weighted by molar-refractivity contribution is -0.131. The second-order valence-electron chi connectivity index (χ2n) is 3.29. The van der Waals surface area contributed by atoms with Crippen molar-refractivity contribution in [2.75, 3.05) is 20.3 Å². The lowest BCUT2D eigenvalue weighted by Crippen LogP contribution is -2.30. The number of nitrogens with one attached hydrogen (secondary N) is 1. The minimum absolute atomic E-state index is 0.216. The quantitative estimate of drug-likeness (QED) is 0.759. The molecule has 0 atom stereocenters. The third-order valence-electron chi connectivity index (χ3n) is 2.06. The molecule has 0 aliphatic carbocycles. The van der Waals surface area contributed by atoms with Gasteiger partial charge in [0.1, 0.15) is 31.6 Å². The molecule has 0 radical (unpaired) electrons. The Balaban J connectivity index is 1.96. The molecular formula is C9H12N4O3. The van der Waals surface area contributed by atoms with Crippen LogP contribution in [-0.4, -0.2) is 46.2 Å². The van der Waals surface area contributed by atoms with Gasteiger partial charge in [-0.1, -0.05) is 0 Å². The Bertz CT molecular complexity index is 387. The van der Waals surface area contributed by atoms with Crippen molar-refractivity contribution in [3.8, 4) is 0 Å². The van der Waals surface area contributed by atoms with Gasteiger partial charge in [0.05, 0.1) is 6.54 Å². The minimum Gasteiger partial charge on any atom is -0.494 e. The average Bonchev–Trinajstić information content (AvgIpc) is 2.82. The maximum Gasteiger partial charge on any atom is 0.292 e. The molecule has 1 aromatic rings. The van der Waals surface area contributed by atoms with Crippen LogP contribution in [0, 0.1) is 0 Å². The molecule has 0 bridgehead atoms. The van der Waals surface area contributed by atoms with Crippen molar-refractivity contribution in [3.05, 3.63) is 24.2 Å². The number of hydrogen-bond acceptors (Lipinski definition) is 5. The van der Waals surface area contributed by atoms with E-state index in [1.54, 1.807) is 7.05 Å². The third-order valence-corrected chi connectivity index (χ3v) is 2.06. The molecule has 1 aromatic heterocycles. The monoisotopic (exact) mass is 224 g/mol. The highest BCUT2D eigenvalue weighted by molar-refractivity contribution is 5.91. The van der Waals surface area contributed by atoms with E-state index < -0.39 is 0 Å². The number of rotatable bonds is 3. The fourth-order valence-corrected chi connectivity index (χ4v) is 1.27. The topological polar surface area (TPSA) is 80.3 Å². The Hall–Kier alpha value is -2.05. The van der Waals surface area contributed by atoms with E-state index >= 15 is 0 Å². The molecule has 1 amide bonds. The van der Waals surface area contributed by atoms with E-state index in [0.29, 0.717) is 25.6 Å². The van der Waals surface area contributed by atoms with Gasteiger partial charge in [0.2, 0.25) is 5.76 Å². The summed E-state index contributed by atoms with van der Waals surface area (Å²) in [6.07, 6.45) is 2.73. The fraction of sp³-hybridized carbons (Fsp3) is 0.444. The molecule has 0 saturated carbocycles. The Labute approximate surface area is 92.1 Å². The maximum atomic E-state index is 11.8. The molecule has 2 heterocycles. The van der Waals surface area contributed by atoms with Crippen molar-refractivity contribution < 1.29 is 14.3 Å². The molecule has 16 heavy (non-hydrogen) atoms. The molecule has 0 saturated heterocycles. The first-order valence-electron chi connectivity index (χ1n) is 4.81. The standard InChI is InChI=1S/C9H12N4O3/c1-13(4-8-10-6-11-12-8)9(14)7-5-15-2-3-16-7/h5-6H,2-4H2,1H3,(H,10,11,12). The van der Waals surface area contributed by atoms with E-state index in [1.807, 2.05) is 0 Å². The molecule has 1 aliphatic heterocycles. The normalized spacial score (nSPS) is 14.7. The van der Waals surface area contributed by atoms with E-state index in [1.165, 1.54) is 17.5 Å². The molecular weight excluding hydrogens is 212 g/mol. The molecule has 7 nitrogen and oxygen atoms in total. The number of aromatic nitrogens is 3. The highest BCUT2D eigenvalue weighted by Crippen LogP contribution is 2.08. The Morgan fingerprint density at radius 1 is 1.62 bits per heavy atom.